The number of hydrogen-bond acceptors (Lipinski definition) is 2. The second-order valence-corrected chi connectivity index (χ2v) is 8.84. The van der Waals surface area contributed by atoms with Crippen LogP contribution in [0.5, 0.6) is 0 Å². The fourth-order valence-electron chi connectivity index (χ4n) is 6.21. The zero-order valence-corrected chi connectivity index (χ0v) is 15.3. The van der Waals surface area contributed by atoms with Crippen molar-refractivity contribution in [3.8, 4) is 0 Å². The van der Waals surface area contributed by atoms with Crippen LogP contribution >= 0.6 is 0 Å². The molecule has 1 aromatic rings. The molecule has 5 heteroatoms. The van der Waals surface area contributed by atoms with E-state index in [0.29, 0.717) is 24.8 Å². The lowest BCUT2D eigenvalue weighted by molar-refractivity contribution is -0.153. The van der Waals surface area contributed by atoms with Gasteiger partial charge in [0.05, 0.1) is 5.41 Å². The number of amides is 2. The van der Waals surface area contributed by atoms with Crippen molar-refractivity contribution in [3.05, 3.63) is 35.6 Å². The number of hydrogen-bond donors (Lipinski definition) is 2. The average molecular weight is 358 g/mol. The summed E-state index contributed by atoms with van der Waals surface area (Å²) in [6, 6.07) is 6.43. The molecule has 1 aromatic carbocycles. The predicted molar refractivity (Wildman–Crippen MR) is 96.8 cm³/mol. The highest BCUT2D eigenvalue weighted by atomic mass is 19.1. The van der Waals surface area contributed by atoms with Crippen LogP contribution in [0.2, 0.25) is 0 Å². The Balaban J connectivity index is 1.42. The molecule has 2 amide bonds. The van der Waals surface area contributed by atoms with Gasteiger partial charge in [-0.05, 0) is 74.5 Å². The van der Waals surface area contributed by atoms with E-state index in [0.717, 1.165) is 37.7 Å². The highest BCUT2D eigenvalue weighted by molar-refractivity contribution is 5.84. The lowest BCUT2D eigenvalue weighted by atomic mass is 9.46. The van der Waals surface area contributed by atoms with Crippen molar-refractivity contribution in [2.45, 2.75) is 57.4 Å². The first kappa shape index (κ1) is 17.5. The van der Waals surface area contributed by atoms with E-state index in [9.17, 15) is 14.0 Å². The van der Waals surface area contributed by atoms with E-state index in [1.54, 1.807) is 19.1 Å². The quantitative estimate of drug-likeness (QED) is 0.850. The topological polar surface area (TPSA) is 58.2 Å². The third-order valence-corrected chi connectivity index (χ3v) is 6.60. The van der Waals surface area contributed by atoms with Crippen molar-refractivity contribution in [1.82, 2.24) is 10.6 Å². The lowest BCUT2D eigenvalue weighted by Gasteiger charge is -2.61. The largest absolute Gasteiger partial charge is 0.355 e. The molecule has 4 aliphatic carbocycles. The van der Waals surface area contributed by atoms with Crippen LogP contribution in [-0.4, -0.2) is 23.9 Å². The SMILES string of the molecule is CC(=O)NC12C[C@H]3C[C@@H](C1)CC(C(=O)NCCc1ccc(F)cc1)(C3)C2. The van der Waals surface area contributed by atoms with Crippen molar-refractivity contribution in [1.29, 1.82) is 0 Å². The molecule has 4 bridgehead atoms. The van der Waals surface area contributed by atoms with Crippen LogP contribution < -0.4 is 10.6 Å². The molecule has 140 valence electrons. The number of carbonyl (C=O) groups is 2. The van der Waals surface area contributed by atoms with Gasteiger partial charge in [0, 0.05) is 19.0 Å². The maximum absolute atomic E-state index is 13.1. The molecule has 4 aliphatic rings. The number of carbonyl (C=O) groups excluding carboxylic acids is 2. The number of benzene rings is 1. The minimum Gasteiger partial charge on any atom is -0.355 e. The van der Waals surface area contributed by atoms with Gasteiger partial charge in [0.1, 0.15) is 5.82 Å². The maximum Gasteiger partial charge on any atom is 0.226 e. The zero-order valence-electron chi connectivity index (χ0n) is 15.3. The van der Waals surface area contributed by atoms with Crippen molar-refractivity contribution < 1.29 is 14.0 Å². The summed E-state index contributed by atoms with van der Waals surface area (Å²) in [5, 5.41) is 6.33. The van der Waals surface area contributed by atoms with Crippen molar-refractivity contribution in [2.24, 2.45) is 17.3 Å². The van der Waals surface area contributed by atoms with Crippen molar-refractivity contribution in [3.63, 3.8) is 0 Å². The smallest absolute Gasteiger partial charge is 0.226 e. The zero-order chi connectivity index (χ0) is 18.4. The fraction of sp³-hybridized carbons (Fsp3) is 0.619. The summed E-state index contributed by atoms with van der Waals surface area (Å²) >= 11 is 0. The second kappa shape index (κ2) is 6.36. The van der Waals surface area contributed by atoms with Crippen LogP contribution in [0.25, 0.3) is 0 Å². The molecule has 4 fully saturated rings. The summed E-state index contributed by atoms with van der Waals surface area (Å²) in [4.78, 5) is 24.8. The molecule has 0 radical (unpaired) electrons. The highest BCUT2D eigenvalue weighted by Gasteiger charge is 2.60. The monoisotopic (exact) mass is 358 g/mol. The van der Waals surface area contributed by atoms with E-state index in [1.807, 2.05) is 0 Å². The van der Waals surface area contributed by atoms with Crippen molar-refractivity contribution >= 4 is 11.8 Å². The van der Waals surface area contributed by atoms with E-state index in [-0.39, 0.29) is 28.6 Å². The van der Waals surface area contributed by atoms with Gasteiger partial charge >= 0.3 is 0 Å². The van der Waals surface area contributed by atoms with Crippen LogP contribution in [-0.2, 0) is 16.0 Å². The molecule has 4 nitrogen and oxygen atoms in total. The Morgan fingerprint density at radius 1 is 1.12 bits per heavy atom. The van der Waals surface area contributed by atoms with E-state index in [4.69, 9.17) is 0 Å². The van der Waals surface area contributed by atoms with Gasteiger partial charge in [0.25, 0.3) is 0 Å². The van der Waals surface area contributed by atoms with Gasteiger partial charge in [0.15, 0.2) is 0 Å². The minimum atomic E-state index is -0.324. The van der Waals surface area contributed by atoms with Crippen LogP contribution in [0.1, 0.15) is 51.0 Å². The summed E-state index contributed by atoms with van der Waals surface area (Å²) in [6.45, 7) is 2.14. The molecular weight excluding hydrogens is 331 g/mol. The van der Waals surface area contributed by atoms with Crippen LogP contribution in [0, 0.1) is 23.1 Å². The Labute approximate surface area is 153 Å². The fourth-order valence-corrected chi connectivity index (χ4v) is 6.21. The first-order valence-electron chi connectivity index (χ1n) is 9.70. The van der Waals surface area contributed by atoms with Gasteiger partial charge in [0.2, 0.25) is 11.8 Å². The average Bonchev–Trinajstić information content (AvgIpc) is 2.54. The molecule has 26 heavy (non-hydrogen) atoms. The van der Waals surface area contributed by atoms with Gasteiger partial charge in [-0.25, -0.2) is 4.39 Å². The molecule has 4 atom stereocenters. The predicted octanol–water partition coefficient (Wildman–Crippen LogP) is 2.96. The van der Waals surface area contributed by atoms with Gasteiger partial charge < -0.3 is 10.6 Å². The number of rotatable bonds is 5. The molecular formula is C21H27FN2O2. The molecule has 2 N–H and O–H groups in total. The Bertz CT molecular complexity index is 701. The highest BCUT2D eigenvalue weighted by Crippen LogP contribution is 2.61. The molecule has 0 saturated heterocycles. The molecule has 4 saturated carbocycles. The van der Waals surface area contributed by atoms with E-state index >= 15 is 0 Å². The standard InChI is InChI=1S/C21H27FN2O2/c1-14(25)24-21-11-16-8-17(12-21)10-20(9-16,13-21)19(26)23-7-6-15-2-4-18(22)5-3-15/h2-5,16-17H,6-13H2,1H3,(H,23,26)(H,24,25)/t16-,17+,20?,21?. The minimum absolute atomic E-state index is 0.0128. The Morgan fingerprint density at radius 3 is 2.38 bits per heavy atom. The molecule has 0 aliphatic heterocycles. The van der Waals surface area contributed by atoms with Crippen LogP contribution in [0.15, 0.2) is 24.3 Å². The summed E-state index contributed by atoms with van der Waals surface area (Å²) in [7, 11) is 0. The summed E-state index contributed by atoms with van der Waals surface area (Å²) in [5.41, 5.74) is 0.520. The Hall–Kier alpha value is -1.91. The van der Waals surface area contributed by atoms with Gasteiger partial charge in [-0.3, -0.25) is 9.59 Å². The van der Waals surface area contributed by atoms with Gasteiger partial charge in [-0.15, -0.1) is 0 Å². The number of nitrogens with one attached hydrogen (secondary N) is 2. The molecule has 0 aromatic heterocycles. The maximum atomic E-state index is 13.1. The van der Waals surface area contributed by atoms with Crippen LogP contribution in [0.3, 0.4) is 0 Å². The summed E-state index contributed by atoms with van der Waals surface area (Å²) < 4.78 is 13.0. The first-order valence-corrected chi connectivity index (χ1v) is 9.70. The van der Waals surface area contributed by atoms with E-state index in [1.165, 1.54) is 18.6 Å². The Kier molecular flexibility index (Phi) is 4.28. The molecule has 5 rings (SSSR count). The third kappa shape index (κ3) is 3.24. The van der Waals surface area contributed by atoms with E-state index in [2.05, 4.69) is 10.6 Å². The second-order valence-electron chi connectivity index (χ2n) is 8.84. The normalized spacial score (nSPS) is 34.5. The lowest BCUT2D eigenvalue weighted by Crippen LogP contribution is -2.65. The molecule has 2 unspecified atom stereocenters. The summed E-state index contributed by atoms with van der Waals surface area (Å²) in [6.07, 6.45) is 6.62. The van der Waals surface area contributed by atoms with Crippen molar-refractivity contribution in [2.75, 3.05) is 6.54 Å². The van der Waals surface area contributed by atoms with E-state index < -0.39 is 0 Å². The van der Waals surface area contributed by atoms with Gasteiger partial charge in [-0.2, -0.15) is 0 Å². The molecule has 0 spiro atoms. The summed E-state index contributed by atoms with van der Waals surface area (Å²) in [5.74, 6) is 1.01. The first-order chi connectivity index (χ1) is 12.4. The Morgan fingerprint density at radius 2 is 1.77 bits per heavy atom. The van der Waals surface area contributed by atoms with Gasteiger partial charge in [-0.1, -0.05) is 12.1 Å². The molecule has 0 heterocycles. The third-order valence-electron chi connectivity index (χ3n) is 6.60. The number of halogens is 1. The van der Waals surface area contributed by atoms with Crippen LogP contribution in [0.4, 0.5) is 4.39 Å².